The van der Waals surface area contributed by atoms with Crippen LogP contribution in [0.4, 0.5) is 0 Å². The molecule has 86 valence electrons. The molecule has 0 radical (unpaired) electrons. The number of piperidine rings is 1. The van der Waals surface area contributed by atoms with E-state index >= 15 is 0 Å². The van der Waals surface area contributed by atoms with Crippen LogP contribution in [0.5, 0.6) is 0 Å². The molecule has 3 aliphatic rings. The Kier molecular flexibility index (Phi) is 2.49. The molecule has 4 unspecified atom stereocenters. The summed E-state index contributed by atoms with van der Waals surface area (Å²) in [6.45, 7) is 1.84. The van der Waals surface area contributed by atoms with Crippen molar-refractivity contribution in [3.05, 3.63) is 0 Å². The first-order valence-corrected chi connectivity index (χ1v) is 6.34. The van der Waals surface area contributed by atoms with E-state index in [1.807, 2.05) is 0 Å². The van der Waals surface area contributed by atoms with Gasteiger partial charge in [0, 0.05) is 6.54 Å². The van der Waals surface area contributed by atoms with E-state index in [2.05, 4.69) is 5.32 Å². The van der Waals surface area contributed by atoms with Crippen LogP contribution in [0.2, 0.25) is 0 Å². The number of β-amino-alcohol motifs (C(OH)–C–C–N with tert-alkyl or cyclic N) is 1. The van der Waals surface area contributed by atoms with Gasteiger partial charge in [-0.05, 0) is 51.0 Å². The molecule has 0 saturated carbocycles. The van der Waals surface area contributed by atoms with Gasteiger partial charge in [0.2, 0.25) is 0 Å². The van der Waals surface area contributed by atoms with Gasteiger partial charge >= 0.3 is 0 Å². The molecule has 3 heterocycles. The number of ether oxygens (including phenoxy) is 1. The number of rotatable bonds is 2. The molecule has 3 aliphatic heterocycles. The van der Waals surface area contributed by atoms with Crippen LogP contribution < -0.4 is 5.32 Å². The molecule has 3 nitrogen and oxygen atoms in total. The lowest BCUT2D eigenvalue weighted by molar-refractivity contribution is -0.0161. The van der Waals surface area contributed by atoms with Gasteiger partial charge in [-0.25, -0.2) is 0 Å². The number of fused-ring (bicyclic) bond motifs is 2. The van der Waals surface area contributed by atoms with Gasteiger partial charge < -0.3 is 15.2 Å². The van der Waals surface area contributed by atoms with E-state index in [-0.39, 0.29) is 0 Å². The van der Waals surface area contributed by atoms with Crippen molar-refractivity contribution in [3.8, 4) is 0 Å². The molecule has 4 atom stereocenters. The van der Waals surface area contributed by atoms with Gasteiger partial charge in [-0.1, -0.05) is 0 Å². The minimum Gasteiger partial charge on any atom is -0.389 e. The molecule has 15 heavy (non-hydrogen) atoms. The lowest BCUT2D eigenvalue weighted by Gasteiger charge is -2.36. The van der Waals surface area contributed by atoms with E-state index in [1.165, 1.54) is 19.3 Å². The molecule has 0 aromatic carbocycles. The topological polar surface area (TPSA) is 41.5 Å². The Labute approximate surface area is 91.2 Å². The van der Waals surface area contributed by atoms with Crippen molar-refractivity contribution in [1.82, 2.24) is 5.32 Å². The second kappa shape index (κ2) is 3.72. The highest BCUT2D eigenvalue weighted by atomic mass is 16.5. The Morgan fingerprint density at radius 3 is 2.93 bits per heavy atom. The standard InChI is InChI=1S/C12H21NO2/c14-12(4-1-5-13-8-12)7-9-6-10-2-3-11(9)15-10/h9-11,13-14H,1-8H2. The molecule has 3 heteroatoms. The molecule has 0 aliphatic carbocycles. The molecule has 0 amide bonds. The van der Waals surface area contributed by atoms with E-state index in [0.29, 0.717) is 18.1 Å². The van der Waals surface area contributed by atoms with Crippen molar-refractivity contribution in [1.29, 1.82) is 0 Å². The predicted molar refractivity (Wildman–Crippen MR) is 57.7 cm³/mol. The van der Waals surface area contributed by atoms with Crippen molar-refractivity contribution in [2.45, 2.75) is 56.3 Å². The molecule has 2 bridgehead atoms. The highest BCUT2D eigenvalue weighted by Gasteiger charge is 2.44. The molecule has 2 N–H and O–H groups in total. The van der Waals surface area contributed by atoms with Crippen LogP contribution in [0.1, 0.15) is 38.5 Å². The highest BCUT2D eigenvalue weighted by molar-refractivity contribution is 4.95. The SMILES string of the molecule is OC1(CC2CC3CCC2O3)CCCNC1. The maximum Gasteiger partial charge on any atom is 0.0775 e. The molecule has 3 saturated heterocycles. The average molecular weight is 211 g/mol. The minimum absolute atomic E-state index is 0.448. The summed E-state index contributed by atoms with van der Waals surface area (Å²) in [5.41, 5.74) is -0.448. The van der Waals surface area contributed by atoms with Gasteiger partial charge in [0.05, 0.1) is 17.8 Å². The summed E-state index contributed by atoms with van der Waals surface area (Å²) in [6, 6.07) is 0. The number of hydrogen-bond donors (Lipinski definition) is 2. The smallest absolute Gasteiger partial charge is 0.0775 e. The lowest BCUT2D eigenvalue weighted by Crippen LogP contribution is -2.47. The molecular weight excluding hydrogens is 190 g/mol. The monoisotopic (exact) mass is 211 g/mol. The summed E-state index contributed by atoms with van der Waals surface area (Å²) in [6.07, 6.45) is 7.65. The molecule has 3 fully saturated rings. The van der Waals surface area contributed by atoms with Gasteiger partial charge in [-0.3, -0.25) is 0 Å². The fraction of sp³-hybridized carbons (Fsp3) is 1.00. The second-order valence-corrected chi connectivity index (χ2v) is 5.58. The van der Waals surface area contributed by atoms with Crippen molar-refractivity contribution in [2.75, 3.05) is 13.1 Å². The third-order valence-corrected chi connectivity index (χ3v) is 4.32. The second-order valence-electron chi connectivity index (χ2n) is 5.58. The zero-order chi connectivity index (χ0) is 10.3. The van der Waals surface area contributed by atoms with Crippen molar-refractivity contribution >= 4 is 0 Å². The lowest BCUT2D eigenvalue weighted by atomic mass is 9.78. The number of aliphatic hydroxyl groups is 1. The Balaban J connectivity index is 1.60. The molecule has 0 aromatic heterocycles. The molecular formula is C12H21NO2. The first kappa shape index (κ1) is 10.1. The van der Waals surface area contributed by atoms with E-state index in [9.17, 15) is 5.11 Å². The van der Waals surface area contributed by atoms with Crippen molar-refractivity contribution in [2.24, 2.45) is 5.92 Å². The quantitative estimate of drug-likeness (QED) is 0.717. The van der Waals surface area contributed by atoms with Crippen LogP contribution in [0.25, 0.3) is 0 Å². The molecule has 0 spiro atoms. The van der Waals surface area contributed by atoms with E-state index < -0.39 is 5.60 Å². The van der Waals surface area contributed by atoms with Gasteiger partial charge in [0.1, 0.15) is 0 Å². The Hall–Kier alpha value is -0.120. The van der Waals surface area contributed by atoms with Crippen LogP contribution in [0.3, 0.4) is 0 Å². The number of nitrogens with one attached hydrogen (secondary N) is 1. The first-order chi connectivity index (χ1) is 7.25. The largest absolute Gasteiger partial charge is 0.389 e. The van der Waals surface area contributed by atoms with E-state index in [0.717, 1.165) is 32.4 Å². The van der Waals surface area contributed by atoms with Crippen molar-refractivity contribution in [3.63, 3.8) is 0 Å². The fourth-order valence-electron chi connectivity index (χ4n) is 3.57. The van der Waals surface area contributed by atoms with Crippen LogP contribution in [-0.2, 0) is 4.74 Å². The third kappa shape index (κ3) is 1.93. The Morgan fingerprint density at radius 1 is 1.40 bits per heavy atom. The fourth-order valence-corrected chi connectivity index (χ4v) is 3.57. The van der Waals surface area contributed by atoms with Gasteiger partial charge in [-0.15, -0.1) is 0 Å². The Morgan fingerprint density at radius 2 is 2.33 bits per heavy atom. The van der Waals surface area contributed by atoms with Gasteiger partial charge in [0.25, 0.3) is 0 Å². The predicted octanol–water partition coefficient (Wildman–Crippen LogP) is 1.06. The summed E-state index contributed by atoms with van der Waals surface area (Å²) in [7, 11) is 0. The first-order valence-electron chi connectivity index (χ1n) is 6.34. The van der Waals surface area contributed by atoms with Gasteiger partial charge in [0.15, 0.2) is 0 Å². The molecule has 3 rings (SSSR count). The van der Waals surface area contributed by atoms with Gasteiger partial charge in [-0.2, -0.15) is 0 Å². The Bertz CT molecular complexity index is 238. The van der Waals surface area contributed by atoms with E-state index in [4.69, 9.17) is 4.74 Å². The van der Waals surface area contributed by atoms with Crippen LogP contribution in [-0.4, -0.2) is 36.0 Å². The highest BCUT2D eigenvalue weighted by Crippen LogP contribution is 2.43. The zero-order valence-electron chi connectivity index (χ0n) is 9.24. The third-order valence-electron chi connectivity index (χ3n) is 4.32. The average Bonchev–Trinajstić information content (AvgIpc) is 2.79. The maximum absolute atomic E-state index is 10.4. The zero-order valence-corrected chi connectivity index (χ0v) is 9.24. The maximum atomic E-state index is 10.4. The summed E-state index contributed by atoms with van der Waals surface area (Å²) in [5.74, 6) is 0.619. The summed E-state index contributed by atoms with van der Waals surface area (Å²) in [5, 5.41) is 13.7. The summed E-state index contributed by atoms with van der Waals surface area (Å²) < 4.78 is 5.84. The summed E-state index contributed by atoms with van der Waals surface area (Å²) >= 11 is 0. The summed E-state index contributed by atoms with van der Waals surface area (Å²) in [4.78, 5) is 0. The van der Waals surface area contributed by atoms with Crippen molar-refractivity contribution < 1.29 is 9.84 Å². The number of hydrogen-bond acceptors (Lipinski definition) is 3. The van der Waals surface area contributed by atoms with Crippen LogP contribution >= 0.6 is 0 Å². The van der Waals surface area contributed by atoms with E-state index in [1.54, 1.807) is 0 Å². The minimum atomic E-state index is -0.448. The van der Waals surface area contributed by atoms with Crippen LogP contribution in [0.15, 0.2) is 0 Å². The normalized spacial score (nSPS) is 49.8. The van der Waals surface area contributed by atoms with Crippen LogP contribution in [0, 0.1) is 5.92 Å². The molecule has 0 aromatic rings.